The Labute approximate surface area is 121 Å². The van der Waals surface area contributed by atoms with E-state index in [1.165, 1.54) is 6.42 Å². The molecule has 0 saturated heterocycles. The van der Waals surface area contributed by atoms with Crippen LogP contribution in [-0.2, 0) is 18.5 Å². The SMILES string of the molecule is COC1CCCC(OCCCCCCS(=O)(=O)Cl)C1. The molecule has 1 fully saturated rings. The van der Waals surface area contributed by atoms with Crippen molar-refractivity contribution in [1.29, 1.82) is 0 Å². The van der Waals surface area contributed by atoms with Crippen molar-refractivity contribution in [2.24, 2.45) is 0 Å². The molecule has 19 heavy (non-hydrogen) atoms. The number of unbranched alkanes of at least 4 members (excludes halogenated alkanes) is 3. The molecule has 0 heterocycles. The number of rotatable bonds is 9. The molecule has 0 bridgehead atoms. The van der Waals surface area contributed by atoms with Gasteiger partial charge >= 0.3 is 0 Å². The first-order valence-corrected chi connectivity index (χ1v) is 9.56. The molecule has 0 aromatic carbocycles. The Balaban J connectivity index is 1.96. The summed E-state index contributed by atoms with van der Waals surface area (Å²) in [4.78, 5) is 0. The van der Waals surface area contributed by atoms with E-state index in [9.17, 15) is 8.42 Å². The highest BCUT2D eigenvalue weighted by atomic mass is 35.7. The summed E-state index contributed by atoms with van der Waals surface area (Å²) in [5.41, 5.74) is 0. The number of hydrogen-bond acceptors (Lipinski definition) is 4. The second kappa shape index (κ2) is 9.16. The lowest BCUT2D eigenvalue weighted by Gasteiger charge is -2.28. The lowest BCUT2D eigenvalue weighted by molar-refractivity contribution is -0.0303. The lowest BCUT2D eigenvalue weighted by atomic mass is 9.95. The van der Waals surface area contributed by atoms with Crippen LogP contribution in [0.4, 0.5) is 0 Å². The van der Waals surface area contributed by atoms with Crippen molar-refractivity contribution in [3.63, 3.8) is 0 Å². The van der Waals surface area contributed by atoms with Crippen molar-refractivity contribution < 1.29 is 17.9 Å². The highest BCUT2D eigenvalue weighted by Gasteiger charge is 2.21. The van der Waals surface area contributed by atoms with Gasteiger partial charge < -0.3 is 9.47 Å². The Morgan fingerprint density at radius 3 is 2.47 bits per heavy atom. The molecule has 1 saturated carbocycles. The standard InChI is InChI=1S/C13H25ClO4S/c1-17-12-7-6-8-13(11-12)18-9-4-2-3-5-10-19(14,15)16/h12-13H,2-11H2,1H3. The molecule has 0 amide bonds. The maximum Gasteiger partial charge on any atom is 0.232 e. The van der Waals surface area contributed by atoms with Crippen LogP contribution >= 0.6 is 10.7 Å². The average Bonchev–Trinajstić information content (AvgIpc) is 2.36. The number of hydrogen-bond donors (Lipinski definition) is 0. The van der Waals surface area contributed by atoms with Crippen molar-refractivity contribution in [1.82, 2.24) is 0 Å². The van der Waals surface area contributed by atoms with Crippen LogP contribution in [0, 0.1) is 0 Å². The van der Waals surface area contributed by atoms with Crippen molar-refractivity contribution >= 4 is 19.7 Å². The van der Waals surface area contributed by atoms with Crippen LogP contribution in [0.1, 0.15) is 51.4 Å². The fourth-order valence-electron chi connectivity index (χ4n) is 2.45. The highest BCUT2D eigenvalue weighted by Crippen LogP contribution is 2.23. The van der Waals surface area contributed by atoms with E-state index < -0.39 is 9.05 Å². The van der Waals surface area contributed by atoms with E-state index in [0.29, 0.717) is 18.6 Å². The van der Waals surface area contributed by atoms with E-state index >= 15 is 0 Å². The third-order valence-corrected chi connectivity index (χ3v) is 4.79. The van der Waals surface area contributed by atoms with Crippen molar-refractivity contribution in [2.75, 3.05) is 19.5 Å². The van der Waals surface area contributed by atoms with Crippen LogP contribution in [-0.4, -0.2) is 40.1 Å². The lowest BCUT2D eigenvalue weighted by Crippen LogP contribution is -2.27. The Morgan fingerprint density at radius 2 is 1.79 bits per heavy atom. The molecular weight excluding hydrogens is 288 g/mol. The molecule has 1 aliphatic carbocycles. The molecule has 1 rings (SSSR count). The number of methoxy groups -OCH3 is 1. The molecular formula is C13H25ClO4S. The average molecular weight is 313 g/mol. The van der Waals surface area contributed by atoms with Gasteiger partial charge in [0.05, 0.1) is 18.0 Å². The predicted octanol–water partition coefficient (Wildman–Crippen LogP) is 3.09. The van der Waals surface area contributed by atoms with Gasteiger partial charge in [0.25, 0.3) is 0 Å². The Kier molecular flexibility index (Phi) is 8.30. The summed E-state index contributed by atoms with van der Waals surface area (Å²) in [7, 11) is 3.58. The topological polar surface area (TPSA) is 52.6 Å². The van der Waals surface area contributed by atoms with Gasteiger partial charge in [0.2, 0.25) is 9.05 Å². The van der Waals surface area contributed by atoms with Crippen molar-refractivity contribution in [3.05, 3.63) is 0 Å². The second-order valence-electron chi connectivity index (χ2n) is 5.17. The van der Waals surface area contributed by atoms with Gasteiger partial charge in [-0.05, 0) is 38.5 Å². The normalized spacial score (nSPS) is 24.5. The minimum atomic E-state index is -3.32. The fraction of sp³-hybridized carbons (Fsp3) is 1.00. The summed E-state index contributed by atoms with van der Waals surface area (Å²) in [6.07, 6.45) is 8.64. The van der Waals surface area contributed by atoms with Crippen LogP contribution in [0.5, 0.6) is 0 Å². The molecule has 4 nitrogen and oxygen atoms in total. The maximum atomic E-state index is 10.7. The van der Waals surface area contributed by atoms with E-state index in [-0.39, 0.29) is 5.75 Å². The van der Waals surface area contributed by atoms with E-state index in [2.05, 4.69) is 0 Å². The summed E-state index contributed by atoms with van der Waals surface area (Å²) in [5, 5.41) is 0. The first-order valence-electron chi connectivity index (χ1n) is 7.08. The summed E-state index contributed by atoms with van der Waals surface area (Å²) in [6, 6.07) is 0. The molecule has 0 aromatic rings. The summed E-state index contributed by atoms with van der Waals surface area (Å²) >= 11 is 0. The van der Waals surface area contributed by atoms with E-state index in [1.807, 2.05) is 0 Å². The molecule has 0 spiro atoms. The highest BCUT2D eigenvalue weighted by molar-refractivity contribution is 8.13. The Hall–Kier alpha value is 0.160. The van der Waals surface area contributed by atoms with Gasteiger partial charge in [-0.3, -0.25) is 0 Å². The van der Waals surface area contributed by atoms with E-state index in [4.69, 9.17) is 20.2 Å². The van der Waals surface area contributed by atoms with Gasteiger partial charge in [0.15, 0.2) is 0 Å². The largest absolute Gasteiger partial charge is 0.381 e. The summed E-state index contributed by atoms with van der Waals surface area (Å²) in [6.45, 7) is 0.759. The van der Waals surface area contributed by atoms with E-state index in [1.54, 1.807) is 7.11 Å². The van der Waals surface area contributed by atoms with Gasteiger partial charge in [0, 0.05) is 24.4 Å². The molecule has 0 aromatic heterocycles. The van der Waals surface area contributed by atoms with Gasteiger partial charge in [-0.1, -0.05) is 12.8 Å². The summed E-state index contributed by atoms with van der Waals surface area (Å²) < 4.78 is 32.6. The van der Waals surface area contributed by atoms with Gasteiger partial charge in [-0.2, -0.15) is 0 Å². The Morgan fingerprint density at radius 1 is 1.11 bits per heavy atom. The summed E-state index contributed by atoms with van der Waals surface area (Å²) in [5.74, 6) is 0.0769. The van der Waals surface area contributed by atoms with Crippen LogP contribution in [0.25, 0.3) is 0 Å². The van der Waals surface area contributed by atoms with Crippen LogP contribution in [0.2, 0.25) is 0 Å². The zero-order valence-electron chi connectivity index (χ0n) is 11.6. The van der Waals surface area contributed by atoms with Crippen LogP contribution in [0.15, 0.2) is 0 Å². The van der Waals surface area contributed by atoms with Gasteiger partial charge in [-0.25, -0.2) is 8.42 Å². The molecule has 2 unspecified atom stereocenters. The molecule has 2 atom stereocenters. The molecule has 114 valence electrons. The smallest absolute Gasteiger partial charge is 0.232 e. The maximum absolute atomic E-state index is 10.7. The van der Waals surface area contributed by atoms with Crippen molar-refractivity contribution in [2.45, 2.75) is 63.6 Å². The first-order chi connectivity index (χ1) is 9.01. The van der Waals surface area contributed by atoms with Crippen molar-refractivity contribution in [3.8, 4) is 0 Å². The predicted molar refractivity (Wildman–Crippen MR) is 77.1 cm³/mol. The number of halogens is 1. The molecule has 6 heteroatoms. The molecule has 0 N–H and O–H groups in total. The first kappa shape index (κ1) is 17.2. The third-order valence-electron chi connectivity index (χ3n) is 3.55. The zero-order chi connectivity index (χ0) is 14.1. The van der Waals surface area contributed by atoms with E-state index in [0.717, 1.165) is 45.1 Å². The number of ether oxygens (including phenoxy) is 2. The van der Waals surface area contributed by atoms with Crippen LogP contribution < -0.4 is 0 Å². The molecule has 0 aliphatic heterocycles. The quantitative estimate of drug-likeness (QED) is 0.485. The monoisotopic (exact) mass is 312 g/mol. The minimum absolute atomic E-state index is 0.0769. The zero-order valence-corrected chi connectivity index (χ0v) is 13.2. The fourth-order valence-corrected chi connectivity index (χ4v) is 3.32. The molecule has 1 aliphatic rings. The third kappa shape index (κ3) is 8.84. The minimum Gasteiger partial charge on any atom is -0.381 e. The Bertz CT molecular complexity index is 332. The second-order valence-corrected chi connectivity index (χ2v) is 8.07. The van der Waals surface area contributed by atoms with Crippen LogP contribution in [0.3, 0.4) is 0 Å². The van der Waals surface area contributed by atoms with Gasteiger partial charge in [0.1, 0.15) is 0 Å². The molecule has 0 radical (unpaired) electrons. The van der Waals surface area contributed by atoms with Gasteiger partial charge in [-0.15, -0.1) is 0 Å².